The summed E-state index contributed by atoms with van der Waals surface area (Å²) in [5.74, 6) is -4.50. The number of aliphatic hydroxyl groups is 1. The minimum Gasteiger partial charge on any atom is -0.465 e. The van der Waals surface area contributed by atoms with Crippen molar-refractivity contribution in [2.24, 2.45) is 5.41 Å². The lowest BCUT2D eigenvalue weighted by Gasteiger charge is -2.32. The Morgan fingerprint density at radius 2 is 1.86 bits per heavy atom. The molecule has 1 aliphatic carbocycles. The third-order valence-electron chi connectivity index (χ3n) is 6.09. The zero-order chi connectivity index (χ0) is 21.8. The largest absolute Gasteiger partial charge is 0.465 e. The molecular weight excluding hydrogens is 388 g/mol. The zero-order valence-electron chi connectivity index (χ0n) is 16.9. The summed E-state index contributed by atoms with van der Waals surface area (Å²) >= 11 is 0. The Hall–Kier alpha value is -1.97. The lowest BCUT2D eigenvalue weighted by Crippen LogP contribution is -2.54. The maximum absolute atomic E-state index is 13.3. The van der Waals surface area contributed by atoms with Crippen molar-refractivity contribution in [3.05, 3.63) is 0 Å². The van der Waals surface area contributed by atoms with Gasteiger partial charge in [0.25, 0.3) is 5.91 Å². The molecule has 29 heavy (non-hydrogen) atoms. The van der Waals surface area contributed by atoms with Crippen LogP contribution in [0.3, 0.4) is 0 Å². The minimum absolute atomic E-state index is 0.246. The summed E-state index contributed by atoms with van der Waals surface area (Å²) < 4.78 is 26.6. The Kier molecular flexibility index (Phi) is 7.42. The molecule has 1 saturated carbocycles. The molecule has 3 amide bonds. The molecule has 1 spiro atoms. The second-order valence-corrected chi connectivity index (χ2v) is 8.47. The number of nitrogens with zero attached hydrogens (tertiary/aromatic N) is 1. The first kappa shape index (κ1) is 23.3. The molecule has 2 rings (SSSR count). The van der Waals surface area contributed by atoms with Crippen LogP contribution in [0.2, 0.25) is 0 Å². The van der Waals surface area contributed by atoms with Gasteiger partial charge in [0, 0.05) is 20.0 Å². The fourth-order valence-electron chi connectivity index (χ4n) is 4.48. The van der Waals surface area contributed by atoms with E-state index in [9.17, 15) is 33.4 Å². The molecular formula is C19H31F2N3O5. The quantitative estimate of drug-likeness (QED) is 0.501. The third-order valence-corrected chi connectivity index (χ3v) is 6.09. The number of halogens is 2. The SMILES string of the molecule is CNC(=O)C(O)C(CCC(C)(F)F)NC(=O)[C@@H]1CC2(CCCCC2)CN1C(=O)O. The molecule has 3 atom stereocenters. The maximum atomic E-state index is 13.3. The van der Waals surface area contributed by atoms with Crippen molar-refractivity contribution in [2.45, 2.75) is 82.4 Å². The number of carboxylic acid groups (broad SMARTS) is 1. The Morgan fingerprint density at radius 1 is 1.24 bits per heavy atom. The van der Waals surface area contributed by atoms with Gasteiger partial charge in [0.05, 0.1) is 6.04 Å². The number of likely N-dealkylation sites (tertiary alicyclic amines) is 1. The molecule has 0 bridgehead atoms. The highest BCUT2D eigenvalue weighted by molar-refractivity contribution is 5.87. The normalized spacial score (nSPS) is 23.5. The van der Waals surface area contributed by atoms with Crippen molar-refractivity contribution >= 4 is 17.9 Å². The lowest BCUT2D eigenvalue weighted by molar-refractivity contribution is -0.133. The Balaban J connectivity index is 2.14. The summed E-state index contributed by atoms with van der Waals surface area (Å²) in [6.45, 7) is 0.976. The highest BCUT2D eigenvalue weighted by Gasteiger charge is 2.49. The van der Waals surface area contributed by atoms with Gasteiger partial charge in [-0.05, 0) is 38.0 Å². The standard InChI is InChI=1S/C19H31F2N3O5/c1-18(20,21)9-6-12(14(25)16(27)22-2)23-15(26)13-10-19(7-4-3-5-8-19)11-24(13)17(28)29/h12-14,25H,3-11H2,1-2H3,(H,22,27)(H,23,26)(H,28,29)/t12?,13-,14?/m0/s1. The van der Waals surface area contributed by atoms with Gasteiger partial charge in [-0.25, -0.2) is 13.6 Å². The predicted octanol–water partition coefficient (Wildman–Crippen LogP) is 1.72. The fraction of sp³-hybridized carbons (Fsp3) is 0.842. The van der Waals surface area contributed by atoms with Crippen LogP contribution in [0.1, 0.15) is 58.3 Å². The van der Waals surface area contributed by atoms with E-state index in [0.717, 1.165) is 37.0 Å². The number of hydrogen-bond acceptors (Lipinski definition) is 4. The first-order valence-corrected chi connectivity index (χ1v) is 10.1. The molecule has 2 fully saturated rings. The Morgan fingerprint density at radius 3 is 2.38 bits per heavy atom. The molecule has 0 radical (unpaired) electrons. The molecule has 0 aromatic heterocycles. The van der Waals surface area contributed by atoms with Crippen molar-refractivity contribution in [1.29, 1.82) is 0 Å². The molecule has 0 aromatic rings. The molecule has 1 heterocycles. The van der Waals surface area contributed by atoms with Crippen molar-refractivity contribution in [1.82, 2.24) is 15.5 Å². The number of carbonyl (C=O) groups excluding carboxylic acids is 2. The highest BCUT2D eigenvalue weighted by Crippen LogP contribution is 2.46. The molecule has 10 heteroatoms. The van der Waals surface area contributed by atoms with Crippen molar-refractivity contribution < 1.29 is 33.4 Å². The number of likely N-dealkylation sites (N-methyl/N-ethyl adjacent to an activating group) is 1. The summed E-state index contributed by atoms with van der Waals surface area (Å²) in [6, 6.07) is -2.21. The van der Waals surface area contributed by atoms with E-state index in [4.69, 9.17) is 0 Å². The van der Waals surface area contributed by atoms with Crippen LogP contribution >= 0.6 is 0 Å². The molecule has 0 aromatic carbocycles. The van der Waals surface area contributed by atoms with Crippen molar-refractivity contribution in [3.8, 4) is 0 Å². The first-order valence-electron chi connectivity index (χ1n) is 10.1. The van der Waals surface area contributed by atoms with Crippen LogP contribution in [0.25, 0.3) is 0 Å². The number of aliphatic hydroxyl groups excluding tert-OH is 1. The topological polar surface area (TPSA) is 119 Å². The van der Waals surface area contributed by atoms with Gasteiger partial charge in [-0.3, -0.25) is 14.5 Å². The van der Waals surface area contributed by atoms with Crippen LogP contribution in [0.15, 0.2) is 0 Å². The van der Waals surface area contributed by atoms with Gasteiger partial charge < -0.3 is 20.8 Å². The second-order valence-electron chi connectivity index (χ2n) is 8.47. The van der Waals surface area contributed by atoms with Crippen LogP contribution in [0.4, 0.5) is 13.6 Å². The second kappa shape index (κ2) is 9.23. The lowest BCUT2D eigenvalue weighted by atomic mass is 9.72. The predicted molar refractivity (Wildman–Crippen MR) is 101 cm³/mol. The van der Waals surface area contributed by atoms with Crippen LogP contribution in [-0.2, 0) is 9.59 Å². The number of carbonyl (C=O) groups is 3. The van der Waals surface area contributed by atoms with Crippen molar-refractivity contribution in [2.75, 3.05) is 13.6 Å². The molecule has 8 nitrogen and oxygen atoms in total. The molecule has 4 N–H and O–H groups in total. The highest BCUT2D eigenvalue weighted by atomic mass is 19.3. The monoisotopic (exact) mass is 419 g/mol. The first-order chi connectivity index (χ1) is 13.5. The Bertz CT molecular complexity index is 619. The van der Waals surface area contributed by atoms with E-state index in [0.29, 0.717) is 13.3 Å². The van der Waals surface area contributed by atoms with E-state index in [1.807, 2.05) is 0 Å². The summed E-state index contributed by atoms with van der Waals surface area (Å²) in [5, 5.41) is 24.4. The number of hydrogen-bond donors (Lipinski definition) is 4. The van der Waals surface area contributed by atoms with Gasteiger partial charge in [-0.15, -0.1) is 0 Å². The van der Waals surface area contributed by atoms with Gasteiger partial charge in [-0.1, -0.05) is 19.3 Å². The van der Waals surface area contributed by atoms with Gasteiger partial charge in [0.1, 0.15) is 6.04 Å². The zero-order valence-corrected chi connectivity index (χ0v) is 16.9. The van der Waals surface area contributed by atoms with E-state index < -0.39 is 48.4 Å². The number of alkyl halides is 2. The summed E-state index contributed by atoms with van der Waals surface area (Å²) in [4.78, 5) is 37.5. The van der Waals surface area contributed by atoms with Crippen LogP contribution in [0.5, 0.6) is 0 Å². The van der Waals surface area contributed by atoms with E-state index in [-0.39, 0.29) is 18.4 Å². The van der Waals surface area contributed by atoms with Gasteiger partial charge >= 0.3 is 6.09 Å². The van der Waals surface area contributed by atoms with E-state index in [1.54, 1.807) is 0 Å². The third kappa shape index (κ3) is 6.01. The number of amides is 3. The molecule has 2 aliphatic rings. The minimum atomic E-state index is -3.03. The number of rotatable bonds is 7. The summed E-state index contributed by atoms with van der Waals surface area (Å²) in [5.41, 5.74) is -0.246. The molecule has 2 unspecified atom stereocenters. The van der Waals surface area contributed by atoms with Gasteiger partial charge in [-0.2, -0.15) is 0 Å². The van der Waals surface area contributed by atoms with E-state index in [2.05, 4.69) is 10.6 Å². The van der Waals surface area contributed by atoms with E-state index in [1.165, 1.54) is 7.05 Å². The van der Waals surface area contributed by atoms with Crippen molar-refractivity contribution in [3.63, 3.8) is 0 Å². The molecule has 166 valence electrons. The van der Waals surface area contributed by atoms with Gasteiger partial charge in [0.2, 0.25) is 11.8 Å². The summed E-state index contributed by atoms with van der Waals surface area (Å²) in [7, 11) is 1.29. The van der Waals surface area contributed by atoms with Crippen LogP contribution < -0.4 is 10.6 Å². The van der Waals surface area contributed by atoms with Crippen LogP contribution in [0, 0.1) is 5.41 Å². The smallest absolute Gasteiger partial charge is 0.407 e. The summed E-state index contributed by atoms with van der Waals surface area (Å²) in [6.07, 6.45) is 1.19. The Labute approximate surface area is 169 Å². The van der Waals surface area contributed by atoms with Gasteiger partial charge in [0.15, 0.2) is 6.10 Å². The molecule has 1 aliphatic heterocycles. The maximum Gasteiger partial charge on any atom is 0.407 e. The average Bonchev–Trinajstić information content (AvgIpc) is 3.03. The number of nitrogens with one attached hydrogen (secondary N) is 2. The fourth-order valence-corrected chi connectivity index (χ4v) is 4.48. The average molecular weight is 419 g/mol. The van der Waals surface area contributed by atoms with Crippen LogP contribution in [-0.4, -0.2) is 70.7 Å². The van der Waals surface area contributed by atoms with E-state index >= 15 is 0 Å². The molecule has 1 saturated heterocycles.